The van der Waals surface area contributed by atoms with Gasteiger partial charge in [0, 0.05) is 18.7 Å². The van der Waals surface area contributed by atoms with Crippen LogP contribution >= 0.6 is 0 Å². The van der Waals surface area contributed by atoms with Gasteiger partial charge < -0.3 is 15.5 Å². The number of anilines is 1. The molecule has 0 atom stereocenters. The van der Waals surface area contributed by atoms with Crippen LogP contribution in [-0.2, 0) is 0 Å². The fourth-order valence-corrected chi connectivity index (χ4v) is 2.17. The van der Waals surface area contributed by atoms with E-state index in [9.17, 15) is 0 Å². The van der Waals surface area contributed by atoms with Crippen molar-refractivity contribution in [3.8, 4) is 0 Å². The Bertz CT molecular complexity index is 300. The Balaban J connectivity index is 1.74. The lowest BCUT2D eigenvalue weighted by Gasteiger charge is -2.25. The number of hydrogen-bond donors (Lipinski definition) is 2. The molecule has 3 heteroatoms. The Morgan fingerprint density at radius 3 is 2.67 bits per heavy atom. The summed E-state index contributed by atoms with van der Waals surface area (Å²) < 4.78 is 5.46. The summed E-state index contributed by atoms with van der Waals surface area (Å²) in [6.07, 6.45) is 4.83. The molecule has 0 spiro atoms. The molecule has 0 radical (unpaired) electrons. The highest BCUT2D eigenvalue weighted by Gasteiger charge is 2.18. The summed E-state index contributed by atoms with van der Waals surface area (Å²) >= 11 is 0. The maximum absolute atomic E-state index is 5.87. The molecule has 3 N–H and O–H groups in total. The number of nitrogens with two attached hydrogens (primary N) is 1. The number of furan rings is 1. The van der Waals surface area contributed by atoms with Crippen molar-refractivity contribution in [2.75, 3.05) is 11.9 Å². The van der Waals surface area contributed by atoms with E-state index in [2.05, 4.69) is 5.32 Å². The molecule has 1 heterocycles. The monoisotopic (exact) mass is 208 g/mol. The third-order valence-corrected chi connectivity index (χ3v) is 3.20. The minimum atomic E-state index is 0.437. The van der Waals surface area contributed by atoms with Crippen molar-refractivity contribution in [1.82, 2.24) is 0 Å². The summed E-state index contributed by atoms with van der Waals surface area (Å²) in [5.74, 6) is 2.61. The summed E-state index contributed by atoms with van der Waals surface area (Å²) in [6, 6.07) is 4.41. The van der Waals surface area contributed by atoms with E-state index in [0.717, 1.165) is 24.1 Å². The Morgan fingerprint density at radius 2 is 2.07 bits per heavy atom. The van der Waals surface area contributed by atoms with Crippen LogP contribution in [0.4, 0.5) is 5.88 Å². The first kappa shape index (κ1) is 10.6. The molecule has 1 fully saturated rings. The van der Waals surface area contributed by atoms with Gasteiger partial charge in [-0.3, -0.25) is 0 Å². The standard InChI is InChI=1S/C12H20N2O/c1-9-2-7-12(15-9)14-8-10-3-5-11(13)6-4-10/h2,7,10-11,14H,3-6,8,13H2,1H3. The molecule has 1 aliphatic rings. The highest BCUT2D eigenvalue weighted by atomic mass is 16.4. The van der Waals surface area contributed by atoms with Crippen LogP contribution in [0.15, 0.2) is 16.5 Å². The van der Waals surface area contributed by atoms with Gasteiger partial charge in [-0.2, -0.15) is 0 Å². The number of aryl methyl sites for hydroxylation is 1. The zero-order valence-corrected chi connectivity index (χ0v) is 9.33. The normalized spacial score (nSPS) is 26.5. The van der Waals surface area contributed by atoms with E-state index in [1.54, 1.807) is 0 Å². The zero-order valence-electron chi connectivity index (χ0n) is 9.33. The molecule has 1 aliphatic carbocycles. The zero-order chi connectivity index (χ0) is 10.7. The van der Waals surface area contributed by atoms with Gasteiger partial charge in [-0.05, 0) is 44.6 Å². The summed E-state index contributed by atoms with van der Waals surface area (Å²) in [5.41, 5.74) is 5.87. The fraction of sp³-hybridized carbons (Fsp3) is 0.667. The van der Waals surface area contributed by atoms with Gasteiger partial charge in [-0.1, -0.05) is 0 Å². The second kappa shape index (κ2) is 4.71. The van der Waals surface area contributed by atoms with Crippen LogP contribution in [-0.4, -0.2) is 12.6 Å². The van der Waals surface area contributed by atoms with Crippen molar-refractivity contribution in [3.05, 3.63) is 17.9 Å². The second-order valence-corrected chi connectivity index (χ2v) is 4.57. The van der Waals surface area contributed by atoms with Crippen LogP contribution in [0.25, 0.3) is 0 Å². The maximum atomic E-state index is 5.87. The molecule has 2 rings (SSSR count). The van der Waals surface area contributed by atoms with Crippen molar-refractivity contribution < 1.29 is 4.42 Å². The van der Waals surface area contributed by atoms with E-state index in [4.69, 9.17) is 10.2 Å². The number of hydrogen-bond acceptors (Lipinski definition) is 3. The molecule has 0 unspecified atom stereocenters. The van der Waals surface area contributed by atoms with Gasteiger partial charge in [0.25, 0.3) is 0 Å². The van der Waals surface area contributed by atoms with Gasteiger partial charge in [0.05, 0.1) is 0 Å². The SMILES string of the molecule is Cc1ccc(NCC2CCC(N)CC2)o1. The number of rotatable bonds is 3. The third kappa shape index (κ3) is 2.99. The third-order valence-electron chi connectivity index (χ3n) is 3.20. The highest BCUT2D eigenvalue weighted by Crippen LogP contribution is 2.23. The van der Waals surface area contributed by atoms with Crippen molar-refractivity contribution in [3.63, 3.8) is 0 Å². The second-order valence-electron chi connectivity index (χ2n) is 4.57. The van der Waals surface area contributed by atoms with E-state index in [0.29, 0.717) is 6.04 Å². The lowest BCUT2D eigenvalue weighted by atomic mass is 9.86. The molecule has 84 valence electrons. The molecule has 0 saturated heterocycles. The van der Waals surface area contributed by atoms with Gasteiger partial charge >= 0.3 is 0 Å². The van der Waals surface area contributed by atoms with Crippen LogP contribution < -0.4 is 11.1 Å². The van der Waals surface area contributed by atoms with E-state index >= 15 is 0 Å². The minimum Gasteiger partial charge on any atom is -0.446 e. The first-order chi connectivity index (χ1) is 7.24. The molecule has 0 amide bonds. The topological polar surface area (TPSA) is 51.2 Å². The average Bonchev–Trinajstić information content (AvgIpc) is 2.64. The van der Waals surface area contributed by atoms with Crippen LogP contribution in [0.1, 0.15) is 31.4 Å². The predicted molar refractivity (Wildman–Crippen MR) is 61.9 cm³/mol. The summed E-state index contributed by atoms with van der Waals surface area (Å²) in [4.78, 5) is 0. The Kier molecular flexibility index (Phi) is 3.31. The molecule has 0 bridgehead atoms. The van der Waals surface area contributed by atoms with Crippen LogP contribution in [0.5, 0.6) is 0 Å². The first-order valence-corrected chi connectivity index (χ1v) is 5.80. The quantitative estimate of drug-likeness (QED) is 0.802. The Labute approximate surface area is 91.0 Å². The molecule has 0 aromatic carbocycles. The van der Waals surface area contributed by atoms with Crippen LogP contribution in [0.3, 0.4) is 0 Å². The van der Waals surface area contributed by atoms with Gasteiger partial charge in [-0.25, -0.2) is 0 Å². The molecule has 1 aromatic rings. The van der Waals surface area contributed by atoms with Crippen LogP contribution in [0, 0.1) is 12.8 Å². The minimum absolute atomic E-state index is 0.437. The largest absolute Gasteiger partial charge is 0.446 e. The summed E-state index contributed by atoms with van der Waals surface area (Å²) in [5, 5.41) is 3.34. The maximum Gasteiger partial charge on any atom is 0.193 e. The van der Waals surface area contributed by atoms with Crippen molar-refractivity contribution >= 4 is 5.88 Å². The van der Waals surface area contributed by atoms with E-state index in [-0.39, 0.29) is 0 Å². The number of nitrogens with one attached hydrogen (secondary N) is 1. The van der Waals surface area contributed by atoms with E-state index in [1.165, 1.54) is 25.7 Å². The lowest BCUT2D eigenvalue weighted by molar-refractivity contribution is 0.337. The summed E-state index contributed by atoms with van der Waals surface area (Å²) in [6.45, 7) is 2.98. The fourth-order valence-electron chi connectivity index (χ4n) is 2.17. The summed E-state index contributed by atoms with van der Waals surface area (Å²) in [7, 11) is 0. The lowest BCUT2D eigenvalue weighted by Crippen LogP contribution is -2.29. The molecule has 1 aromatic heterocycles. The molecule has 3 nitrogen and oxygen atoms in total. The van der Waals surface area contributed by atoms with Crippen molar-refractivity contribution in [2.45, 2.75) is 38.6 Å². The molecular formula is C12H20N2O. The van der Waals surface area contributed by atoms with E-state index < -0.39 is 0 Å². The van der Waals surface area contributed by atoms with Gasteiger partial charge in [0.15, 0.2) is 5.88 Å². The Hall–Kier alpha value is -0.960. The Morgan fingerprint density at radius 1 is 1.33 bits per heavy atom. The van der Waals surface area contributed by atoms with Crippen molar-refractivity contribution in [2.24, 2.45) is 11.7 Å². The molecule has 1 saturated carbocycles. The van der Waals surface area contributed by atoms with Crippen LogP contribution in [0.2, 0.25) is 0 Å². The van der Waals surface area contributed by atoms with E-state index in [1.807, 2.05) is 19.1 Å². The van der Waals surface area contributed by atoms with Gasteiger partial charge in [0.2, 0.25) is 0 Å². The predicted octanol–water partition coefficient (Wildman–Crippen LogP) is 2.52. The van der Waals surface area contributed by atoms with Gasteiger partial charge in [0.1, 0.15) is 5.76 Å². The molecule has 0 aliphatic heterocycles. The smallest absolute Gasteiger partial charge is 0.193 e. The van der Waals surface area contributed by atoms with Gasteiger partial charge in [-0.15, -0.1) is 0 Å². The van der Waals surface area contributed by atoms with Crippen molar-refractivity contribution in [1.29, 1.82) is 0 Å². The average molecular weight is 208 g/mol. The first-order valence-electron chi connectivity index (χ1n) is 5.80. The highest BCUT2D eigenvalue weighted by molar-refractivity contribution is 5.31. The molecular weight excluding hydrogens is 188 g/mol. The molecule has 15 heavy (non-hydrogen) atoms.